The van der Waals surface area contributed by atoms with E-state index in [-0.39, 0.29) is 17.7 Å². The van der Waals surface area contributed by atoms with Crippen LogP contribution in [-0.4, -0.2) is 27.4 Å². The number of rotatable bonds is 5. The second-order valence-electron chi connectivity index (χ2n) is 4.83. The highest BCUT2D eigenvalue weighted by Crippen LogP contribution is 2.20. The number of aliphatic carboxylic acids is 1. The average Bonchev–Trinajstić information content (AvgIpc) is 2.26. The number of carbonyl (C=O) groups is 2. The number of nitro benzene ring substituents is 1. The molecule has 1 amide bonds. The number of halogens is 1. The van der Waals surface area contributed by atoms with Gasteiger partial charge in [-0.15, -0.1) is 0 Å². The predicted octanol–water partition coefficient (Wildman–Crippen LogP) is 2.18. The minimum absolute atomic E-state index is 0.151. The fraction of sp³-hybridized carbons (Fsp3) is 0.333. The van der Waals surface area contributed by atoms with Gasteiger partial charge in [0, 0.05) is 21.2 Å². The summed E-state index contributed by atoms with van der Waals surface area (Å²) < 4.78 is 0.553. The van der Waals surface area contributed by atoms with Crippen molar-refractivity contribution < 1.29 is 19.6 Å². The van der Waals surface area contributed by atoms with Crippen molar-refractivity contribution in [3.8, 4) is 0 Å². The molecule has 1 aromatic rings. The molecule has 0 unspecified atom stereocenters. The van der Waals surface area contributed by atoms with Crippen LogP contribution < -0.4 is 5.32 Å². The van der Waals surface area contributed by atoms with Crippen LogP contribution in [0.3, 0.4) is 0 Å². The molecule has 108 valence electrons. The normalized spacial score (nSPS) is 10.9. The Kier molecular flexibility index (Phi) is 5.03. The van der Waals surface area contributed by atoms with E-state index in [0.29, 0.717) is 3.57 Å². The molecule has 0 saturated heterocycles. The average molecular weight is 392 g/mol. The zero-order valence-electron chi connectivity index (χ0n) is 10.8. The van der Waals surface area contributed by atoms with Crippen LogP contribution in [-0.2, 0) is 4.79 Å². The SMILES string of the molecule is CC(C)(CC(=O)O)NC(=O)c1cc([N+](=O)[O-])ccc1I. The van der Waals surface area contributed by atoms with Crippen LogP contribution in [0, 0.1) is 13.7 Å². The molecule has 0 radical (unpaired) electrons. The van der Waals surface area contributed by atoms with E-state index in [0.717, 1.165) is 0 Å². The molecule has 0 heterocycles. The number of benzene rings is 1. The molecule has 0 atom stereocenters. The standard InChI is InChI=1S/C12H13IN2O5/c1-12(2,6-10(16)17)14-11(18)8-5-7(15(19)20)3-4-9(8)13/h3-5H,6H2,1-2H3,(H,14,18)(H,16,17). The van der Waals surface area contributed by atoms with Crippen molar-refractivity contribution in [3.05, 3.63) is 37.4 Å². The van der Waals surface area contributed by atoms with Crippen LogP contribution in [0.2, 0.25) is 0 Å². The second-order valence-corrected chi connectivity index (χ2v) is 5.99. The molecule has 0 aliphatic rings. The van der Waals surface area contributed by atoms with Gasteiger partial charge in [-0.05, 0) is 42.5 Å². The third kappa shape index (κ3) is 4.44. The topological polar surface area (TPSA) is 110 Å². The first kappa shape index (κ1) is 16.3. The molecule has 8 heteroatoms. The summed E-state index contributed by atoms with van der Waals surface area (Å²) in [6.07, 6.45) is -0.246. The van der Waals surface area contributed by atoms with Crippen LogP contribution in [0.1, 0.15) is 30.6 Å². The van der Waals surface area contributed by atoms with Crippen molar-refractivity contribution in [2.75, 3.05) is 0 Å². The van der Waals surface area contributed by atoms with Crippen LogP contribution in [0.5, 0.6) is 0 Å². The maximum Gasteiger partial charge on any atom is 0.305 e. The summed E-state index contributed by atoms with van der Waals surface area (Å²) in [5.74, 6) is -1.58. The van der Waals surface area contributed by atoms with Gasteiger partial charge >= 0.3 is 5.97 Å². The quantitative estimate of drug-likeness (QED) is 0.454. The Morgan fingerprint density at radius 2 is 2.05 bits per heavy atom. The van der Waals surface area contributed by atoms with E-state index < -0.39 is 22.3 Å². The first-order valence-electron chi connectivity index (χ1n) is 5.60. The fourth-order valence-corrected chi connectivity index (χ4v) is 2.18. The zero-order chi connectivity index (χ0) is 15.5. The van der Waals surface area contributed by atoms with Gasteiger partial charge in [0.25, 0.3) is 11.6 Å². The molecule has 0 spiro atoms. The lowest BCUT2D eigenvalue weighted by molar-refractivity contribution is -0.384. The van der Waals surface area contributed by atoms with Gasteiger partial charge in [-0.2, -0.15) is 0 Å². The Labute approximate surface area is 128 Å². The number of non-ortho nitro benzene ring substituents is 1. The predicted molar refractivity (Wildman–Crippen MR) is 79.6 cm³/mol. The van der Waals surface area contributed by atoms with E-state index in [1.165, 1.54) is 18.2 Å². The Hall–Kier alpha value is -1.71. The number of carboxylic acids is 1. The largest absolute Gasteiger partial charge is 0.481 e. The van der Waals surface area contributed by atoms with E-state index >= 15 is 0 Å². The van der Waals surface area contributed by atoms with Gasteiger partial charge in [0.1, 0.15) is 0 Å². The van der Waals surface area contributed by atoms with Gasteiger partial charge in [-0.1, -0.05) is 0 Å². The number of carbonyl (C=O) groups excluding carboxylic acids is 1. The number of carboxylic acid groups (broad SMARTS) is 1. The monoisotopic (exact) mass is 392 g/mol. The Morgan fingerprint density at radius 1 is 1.45 bits per heavy atom. The van der Waals surface area contributed by atoms with Crippen molar-refractivity contribution >= 4 is 40.2 Å². The summed E-state index contributed by atoms with van der Waals surface area (Å²) in [4.78, 5) is 32.9. The molecule has 1 rings (SSSR count). The number of amides is 1. The van der Waals surface area contributed by atoms with Crippen LogP contribution in [0.4, 0.5) is 5.69 Å². The first-order chi connectivity index (χ1) is 9.12. The van der Waals surface area contributed by atoms with Crippen LogP contribution in [0.15, 0.2) is 18.2 Å². The molecular formula is C12H13IN2O5. The minimum atomic E-state index is -1.04. The van der Waals surface area contributed by atoms with E-state index in [2.05, 4.69) is 5.32 Å². The maximum atomic E-state index is 12.1. The molecule has 0 aliphatic carbocycles. The molecular weight excluding hydrogens is 379 g/mol. The smallest absolute Gasteiger partial charge is 0.305 e. The summed E-state index contributed by atoms with van der Waals surface area (Å²) in [5, 5.41) is 22.0. The lowest BCUT2D eigenvalue weighted by atomic mass is 10.00. The maximum absolute atomic E-state index is 12.1. The highest BCUT2D eigenvalue weighted by Gasteiger charge is 2.26. The number of hydrogen-bond acceptors (Lipinski definition) is 4. The lowest BCUT2D eigenvalue weighted by Crippen LogP contribution is -2.45. The number of nitrogens with one attached hydrogen (secondary N) is 1. The van der Waals surface area contributed by atoms with Gasteiger partial charge in [-0.25, -0.2) is 0 Å². The van der Waals surface area contributed by atoms with Gasteiger partial charge in [0.05, 0.1) is 16.9 Å². The molecule has 1 aromatic carbocycles. The summed E-state index contributed by atoms with van der Waals surface area (Å²) in [6, 6.07) is 3.95. The minimum Gasteiger partial charge on any atom is -0.481 e. The van der Waals surface area contributed by atoms with E-state index in [1.54, 1.807) is 13.8 Å². The highest BCUT2D eigenvalue weighted by atomic mass is 127. The van der Waals surface area contributed by atoms with E-state index in [9.17, 15) is 19.7 Å². The van der Waals surface area contributed by atoms with Crippen LogP contribution in [0.25, 0.3) is 0 Å². The van der Waals surface area contributed by atoms with Gasteiger partial charge in [0.15, 0.2) is 0 Å². The lowest BCUT2D eigenvalue weighted by Gasteiger charge is -2.24. The zero-order valence-corrected chi connectivity index (χ0v) is 13.0. The van der Waals surface area contributed by atoms with E-state index in [1.807, 2.05) is 22.6 Å². The fourth-order valence-electron chi connectivity index (χ4n) is 1.60. The molecule has 0 aromatic heterocycles. The van der Waals surface area contributed by atoms with Crippen molar-refractivity contribution in [1.29, 1.82) is 0 Å². The number of hydrogen-bond donors (Lipinski definition) is 2. The molecule has 2 N–H and O–H groups in total. The summed E-state index contributed by atoms with van der Waals surface area (Å²) in [7, 11) is 0. The number of nitrogens with zero attached hydrogens (tertiary/aromatic N) is 1. The third-order valence-corrected chi connectivity index (χ3v) is 3.39. The molecule has 20 heavy (non-hydrogen) atoms. The highest BCUT2D eigenvalue weighted by molar-refractivity contribution is 14.1. The second kappa shape index (κ2) is 6.16. The molecule has 0 bridgehead atoms. The van der Waals surface area contributed by atoms with Crippen LogP contribution >= 0.6 is 22.6 Å². The number of nitro groups is 1. The van der Waals surface area contributed by atoms with Crippen molar-refractivity contribution in [1.82, 2.24) is 5.32 Å². The Balaban J connectivity index is 3.00. The van der Waals surface area contributed by atoms with Gasteiger partial charge in [0.2, 0.25) is 0 Å². The van der Waals surface area contributed by atoms with Gasteiger partial charge < -0.3 is 10.4 Å². The van der Waals surface area contributed by atoms with Crippen molar-refractivity contribution in [3.63, 3.8) is 0 Å². The summed E-state index contributed by atoms with van der Waals surface area (Å²) >= 11 is 1.89. The van der Waals surface area contributed by atoms with E-state index in [4.69, 9.17) is 5.11 Å². The Bertz CT molecular complexity index is 571. The molecule has 0 saturated carbocycles. The molecule has 0 fully saturated rings. The summed E-state index contributed by atoms with van der Waals surface area (Å²) in [5.41, 5.74) is -0.985. The Morgan fingerprint density at radius 3 is 2.55 bits per heavy atom. The van der Waals surface area contributed by atoms with Gasteiger partial charge in [-0.3, -0.25) is 19.7 Å². The van der Waals surface area contributed by atoms with Crippen molar-refractivity contribution in [2.24, 2.45) is 0 Å². The summed E-state index contributed by atoms with van der Waals surface area (Å²) in [6.45, 7) is 3.15. The molecule has 7 nitrogen and oxygen atoms in total. The third-order valence-electron chi connectivity index (χ3n) is 2.45. The first-order valence-corrected chi connectivity index (χ1v) is 6.68. The molecule has 0 aliphatic heterocycles. The van der Waals surface area contributed by atoms with Crippen molar-refractivity contribution in [2.45, 2.75) is 25.8 Å².